The Morgan fingerprint density at radius 3 is 1.28 bits per heavy atom. The molecule has 0 bridgehead atoms. The van der Waals surface area contributed by atoms with Gasteiger partial charge in [-0.15, -0.1) is 0 Å². The number of esters is 3. The molecular formula is C50H89N5O16. The number of nitrogens with two attached hydrogens (primary N) is 1. The van der Waals surface area contributed by atoms with E-state index in [1.54, 1.807) is 28.3 Å². The van der Waals surface area contributed by atoms with Crippen molar-refractivity contribution in [3.63, 3.8) is 0 Å². The highest BCUT2D eigenvalue weighted by molar-refractivity contribution is 6.12. The molecule has 21 heteroatoms. The van der Waals surface area contributed by atoms with Crippen molar-refractivity contribution in [3.05, 3.63) is 12.2 Å². The molecule has 0 aromatic carbocycles. The van der Waals surface area contributed by atoms with E-state index in [1.807, 2.05) is 0 Å². The van der Waals surface area contributed by atoms with Crippen LogP contribution in [0.5, 0.6) is 0 Å². The molecule has 0 atom stereocenters. The Bertz CT molecular complexity index is 1490. The van der Waals surface area contributed by atoms with Crippen LogP contribution in [-0.4, -0.2) is 157 Å². The standard InChI is InChI=1S/C22H40N2O5.C14H28N2O4.C8H14O5.C6H7NO2/c1-18-8-10-19(11-9-18)22(27)24-15-6-4-3-5-14-23-20(25)12-13-21(26)29-17-7-16-28-2;1-19-11-6-12-20-14(18)8-7-13(17)16-10-5-3-2-4-9-15;1-12-5-2-6-13-8(11)4-3-7(9)10;1-2-7-5(8)3-4-6(7)9/h18-19H,3-17H2,1-2H3,(H,23,25)(H,24,27);2-12,15H2,1H3,(H,16,17);2-6H2,1H3,(H,9,10);3-4H,2H2,1H3. The van der Waals surface area contributed by atoms with Gasteiger partial charge in [-0.05, 0) is 70.8 Å². The smallest absolute Gasteiger partial charge is 0.306 e. The summed E-state index contributed by atoms with van der Waals surface area (Å²) in [5.74, 6) is -1.58. The number of ether oxygens (including phenoxy) is 6. The van der Waals surface area contributed by atoms with Gasteiger partial charge in [0.2, 0.25) is 17.7 Å². The molecule has 71 heavy (non-hydrogen) atoms. The number of rotatable bonds is 36. The Balaban J connectivity index is 0. The lowest BCUT2D eigenvalue weighted by molar-refractivity contribution is -0.148. The number of carbonyl (C=O) groups excluding carboxylic acids is 8. The zero-order chi connectivity index (χ0) is 53.3. The number of amides is 5. The predicted molar refractivity (Wildman–Crippen MR) is 265 cm³/mol. The summed E-state index contributed by atoms with van der Waals surface area (Å²) in [5, 5.41) is 16.9. The van der Waals surface area contributed by atoms with Gasteiger partial charge in [0.25, 0.3) is 11.8 Å². The number of nitrogens with zero attached hydrogens (tertiary/aromatic N) is 1. The molecule has 0 aromatic rings. The fourth-order valence-electron chi connectivity index (χ4n) is 6.50. The van der Waals surface area contributed by atoms with Crippen LogP contribution in [-0.2, 0) is 71.6 Å². The molecule has 1 aliphatic heterocycles. The first-order valence-electron chi connectivity index (χ1n) is 25.4. The minimum atomic E-state index is -0.992. The third-order valence-electron chi connectivity index (χ3n) is 10.7. The maximum Gasteiger partial charge on any atom is 0.306 e. The molecule has 1 heterocycles. The molecule has 2 rings (SSSR count). The molecule has 2 aliphatic rings. The van der Waals surface area contributed by atoms with E-state index in [9.17, 15) is 43.2 Å². The zero-order valence-electron chi connectivity index (χ0n) is 43.5. The second kappa shape index (κ2) is 48.6. The Labute approximate surface area is 422 Å². The van der Waals surface area contributed by atoms with Gasteiger partial charge < -0.3 is 55.2 Å². The quantitative estimate of drug-likeness (QED) is 0.0253. The van der Waals surface area contributed by atoms with Crippen molar-refractivity contribution >= 4 is 53.4 Å². The van der Waals surface area contributed by atoms with Crippen LogP contribution in [0.1, 0.15) is 149 Å². The molecule has 1 aliphatic carbocycles. The Morgan fingerprint density at radius 2 is 0.930 bits per heavy atom. The molecule has 21 nitrogen and oxygen atoms in total. The molecular weight excluding hydrogens is 927 g/mol. The van der Waals surface area contributed by atoms with Gasteiger partial charge in [-0.1, -0.05) is 32.6 Å². The summed E-state index contributed by atoms with van der Waals surface area (Å²) in [6.07, 6.45) is 17.3. The molecule has 5 amide bonds. The zero-order valence-corrected chi connectivity index (χ0v) is 43.5. The second-order valence-corrected chi connectivity index (χ2v) is 16.9. The third kappa shape index (κ3) is 44.7. The van der Waals surface area contributed by atoms with Crippen LogP contribution in [0.2, 0.25) is 0 Å². The van der Waals surface area contributed by atoms with Crippen LogP contribution < -0.4 is 21.7 Å². The summed E-state index contributed by atoms with van der Waals surface area (Å²) in [4.78, 5) is 101. The Kier molecular flexibility index (Phi) is 46.6. The van der Waals surface area contributed by atoms with Crippen molar-refractivity contribution in [2.45, 2.75) is 149 Å². The fourth-order valence-corrected chi connectivity index (χ4v) is 6.50. The summed E-state index contributed by atoms with van der Waals surface area (Å²) >= 11 is 0. The monoisotopic (exact) mass is 1020 g/mol. The topological polar surface area (TPSA) is 295 Å². The van der Waals surface area contributed by atoms with Crippen LogP contribution in [0, 0.1) is 11.8 Å². The van der Waals surface area contributed by atoms with Crippen LogP contribution in [0.25, 0.3) is 0 Å². The van der Waals surface area contributed by atoms with E-state index in [4.69, 9.17) is 39.3 Å². The lowest BCUT2D eigenvalue weighted by Crippen LogP contribution is -2.33. The number of carbonyl (C=O) groups is 9. The van der Waals surface area contributed by atoms with E-state index >= 15 is 0 Å². The highest BCUT2D eigenvalue weighted by Crippen LogP contribution is 2.28. The first-order valence-corrected chi connectivity index (χ1v) is 25.4. The maximum absolute atomic E-state index is 12.1. The first kappa shape index (κ1) is 68.1. The van der Waals surface area contributed by atoms with Crippen molar-refractivity contribution in [1.82, 2.24) is 20.9 Å². The van der Waals surface area contributed by atoms with E-state index in [1.165, 1.54) is 29.9 Å². The summed E-state index contributed by atoms with van der Waals surface area (Å²) in [7, 11) is 4.76. The highest BCUT2D eigenvalue weighted by atomic mass is 16.5. The molecule has 6 N–H and O–H groups in total. The Morgan fingerprint density at radius 1 is 0.549 bits per heavy atom. The summed E-state index contributed by atoms with van der Waals surface area (Å²) in [6, 6.07) is 0. The third-order valence-corrected chi connectivity index (χ3v) is 10.7. The van der Waals surface area contributed by atoms with Gasteiger partial charge >= 0.3 is 23.9 Å². The summed E-state index contributed by atoms with van der Waals surface area (Å²) in [5.41, 5.74) is 5.39. The molecule has 0 radical (unpaired) electrons. The van der Waals surface area contributed by atoms with Gasteiger partial charge in [0.1, 0.15) is 0 Å². The SMILES string of the molecule is CCN1C(=O)C=CC1=O.COCCCOC(=O)CCC(=O)NCCCCCCN.COCCCOC(=O)CCC(=O)NCCCCCCNC(=O)C1CCC(C)CC1.COCCCOC(=O)CCC(=O)O. The molecule has 0 saturated heterocycles. The van der Waals surface area contributed by atoms with Gasteiger partial charge in [0.15, 0.2) is 0 Å². The number of unbranched alkanes of at least 4 members (excludes halogenated alkanes) is 6. The average Bonchev–Trinajstić information content (AvgIpc) is 3.69. The molecule has 0 aromatic heterocycles. The van der Waals surface area contributed by atoms with Crippen molar-refractivity contribution in [2.75, 3.05) is 93.7 Å². The van der Waals surface area contributed by atoms with E-state index < -0.39 is 11.9 Å². The lowest BCUT2D eigenvalue weighted by Gasteiger charge is -2.25. The molecule has 1 saturated carbocycles. The van der Waals surface area contributed by atoms with Gasteiger partial charge in [-0.3, -0.25) is 48.1 Å². The predicted octanol–water partition coefficient (Wildman–Crippen LogP) is 4.31. The molecule has 0 spiro atoms. The van der Waals surface area contributed by atoms with Gasteiger partial charge in [0.05, 0.1) is 45.5 Å². The Hall–Kier alpha value is -4.99. The van der Waals surface area contributed by atoms with Crippen LogP contribution in [0.4, 0.5) is 0 Å². The molecule has 410 valence electrons. The minimum absolute atomic E-state index is 0.0671. The van der Waals surface area contributed by atoms with Gasteiger partial charge in [-0.25, -0.2) is 0 Å². The number of likely N-dealkylation sites (N-methyl/N-ethyl adjacent to an activating group) is 1. The second-order valence-electron chi connectivity index (χ2n) is 16.9. The molecule has 0 unspecified atom stereocenters. The summed E-state index contributed by atoms with van der Waals surface area (Å²) < 4.78 is 29.1. The number of methoxy groups -OCH3 is 3. The van der Waals surface area contributed by atoms with Crippen LogP contribution >= 0.6 is 0 Å². The van der Waals surface area contributed by atoms with Crippen molar-refractivity contribution < 1.29 is 76.7 Å². The number of imide groups is 1. The first-order chi connectivity index (χ1) is 34.1. The number of hydrogen-bond acceptors (Lipinski definition) is 16. The minimum Gasteiger partial charge on any atom is -0.481 e. The largest absolute Gasteiger partial charge is 0.481 e. The number of carboxylic acid groups (broad SMARTS) is 1. The van der Waals surface area contributed by atoms with Crippen molar-refractivity contribution in [1.29, 1.82) is 0 Å². The number of nitrogens with one attached hydrogen (secondary N) is 3. The van der Waals surface area contributed by atoms with E-state index in [2.05, 4.69) is 22.9 Å². The van der Waals surface area contributed by atoms with E-state index in [0.29, 0.717) is 71.9 Å². The van der Waals surface area contributed by atoms with Crippen LogP contribution in [0.3, 0.4) is 0 Å². The fraction of sp³-hybridized carbons (Fsp3) is 0.780. The number of carboxylic acids is 1. The van der Waals surface area contributed by atoms with Crippen LogP contribution in [0.15, 0.2) is 12.2 Å². The highest BCUT2D eigenvalue weighted by Gasteiger charge is 2.24. The van der Waals surface area contributed by atoms with E-state index in [-0.39, 0.29) is 92.5 Å². The average molecular weight is 1020 g/mol. The normalized spacial score (nSPS) is 14.6. The summed E-state index contributed by atoms with van der Waals surface area (Å²) in [6.45, 7) is 9.84. The number of hydrogen-bond donors (Lipinski definition) is 5. The number of aliphatic carboxylic acids is 1. The van der Waals surface area contributed by atoms with Crippen molar-refractivity contribution in [3.8, 4) is 0 Å². The maximum atomic E-state index is 12.1. The lowest BCUT2D eigenvalue weighted by atomic mass is 9.82. The van der Waals surface area contributed by atoms with Crippen molar-refractivity contribution in [2.24, 2.45) is 17.6 Å². The van der Waals surface area contributed by atoms with Gasteiger partial charge in [0, 0.05) is 118 Å². The van der Waals surface area contributed by atoms with Gasteiger partial charge in [-0.2, -0.15) is 0 Å². The van der Waals surface area contributed by atoms with E-state index in [0.717, 1.165) is 83.2 Å². The molecule has 1 fully saturated rings.